The third kappa shape index (κ3) is 5.65. The van der Waals surface area contributed by atoms with E-state index in [0.717, 1.165) is 22.3 Å². The number of aryl methyl sites for hydroxylation is 2. The first-order valence-corrected chi connectivity index (χ1v) is 11.3. The second-order valence-electron chi connectivity index (χ2n) is 9.55. The van der Waals surface area contributed by atoms with E-state index in [0.29, 0.717) is 22.8 Å². The molecule has 1 fully saturated rings. The number of hydrogen-bond acceptors (Lipinski definition) is 6. The normalized spacial score (nSPS) is 15.4. The molecule has 2 aromatic carbocycles. The number of amides is 2. The molecule has 35 heavy (non-hydrogen) atoms. The SMILES string of the molecule is C=C1C(=O)N(c2cc(C)c(C)c(OC)c2)[C@H]1c1ccc(C)c(OC(=O)CNC(=O)OC(C)(C)C)c1. The molecule has 1 N–H and O–H groups in total. The lowest BCUT2D eigenvalue weighted by molar-refractivity contribution is -0.133. The Morgan fingerprint density at radius 1 is 1.06 bits per heavy atom. The van der Waals surface area contributed by atoms with Gasteiger partial charge < -0.3 is 19.5 Å². The molecular weight excluding hydrogens is 448 g/mol. The van der Waals surface area contributed by atoms with Crippen LogP contribution in [0, 0.1) is 20.8 Å². The van der Waals surface area contributed by atoms with Crippen LogP contribution in [0.5, 0.6) is 11.5 Å². The van der Waals surface area contributed by atoms with Crippen LogP contribution in [0.4, 0.5) is 10.5 Å². The molecule has 0 unspecified atom stereocenters. The van der Waals surface area contributed by atoms with Crippen LogP contribution in [0.2, 0.25) is 0 Å². The van der Waals surface area contributed by atoms with Crippen molar-refractivity contribution < 1.29 is 28.6 Å². The predicted molar refractivity (Wildman–Crippen MR) is 133 cm³/mol. The number of hydrogen-bond donors (Lipinski definition) is 1. The van der Waals surface area contributed by atoms with Crippen molar-refractivity contribution in [2.45, 2.75) is 53.2 Å². The number of carbonyl (C=O) groups is 3. The highest BCUT2D eigenvalue weighted by Gasteiger charge is 2.43. The molecule has 0 aliphatic carbocycles. The number of benzene rings is 2. The first kappa shape index (κ1) is 25.8. The summed E-state index contributed by atoms with van der Waals surface area (Å²) in [6, 6.07) is 8.76. The lowest BCUT2D eigenvalue weighted by Gasteiger charge is -2.43. The van der Waals surface area contributed by atoms with Crippen LogP contribution < -0.4 is 19.7 Å². The van der Waals surface area contributed by atoms with Crippen molar-refractivity contribution in [2.75, 3.05) is 18.6 Å². The van der Waals surface area contributed by atoms with Crippen LogP contribution in [-0.2, 0) is 14.3 Å². The maximum absolute atomic E-state index is 12.8. The molecule has 0 aromatic heterocycles. The number of rotatable bonds is 6. The maximum Gasteiger partial charge on any atom is 0.408 e. The average Bonchev–Trinajstić information content (AvgIpc) is 2.77. The van der Waals surface area contributed by atoms with E-state index < -0.39 is 23.7 Å². The smallest absolute Gasteiger partial charge is 0.408 e. The summed E-state index contributed by atoms with van der Waals surface area (Å²) in [5.74, 6) is 0.208. The molecule has 0 radical (unpaired) electrons. The Morgan fingerprint density at radius 2 is 1.74 bits per heavy atom. The van der Waals surface area contributed by atoms with Crippen molar-refractivity contribution in [3.63, 3.8) is 0 Å². The Morgan fingerprint density at radius 3 is 2.37 bits per heavy atom. The van der Waals surface area contributed by atoms with E-state index in [1.165, 1.54) is 0 Å². The number of nitrogens with zero attached hydrogens (tertiary/aromatic N) is 1. The zero-order chi connectivity index (χ0) is 26.1. The number of nitrogens with one attached hydrogen (secondary N) is 1. The van der Waals surface area contributed by atoms with Gasteiger partial charge in [-0.2, -0.15) is 0 Å². The van der Waals surface area contributed by atoms with Gasteiger partial charge in [-0.25, -0.2) is 9.59 Å². The van der Waals surface area contributed by atoms with Crippen LogP contribution in [0.1, 0.15) is 49.1 Å². The fourth-order valence-electron chi connectivity index (χ4n) is 3.77. The van der Waals surface area contributed by atoms with E-state index in [9.17, 15) is 14.4 Å². The Hall–Kier alpha value is -3.81. The van der Waals surface area contributed by atoms with Crippen molar-refractivity contribution >= 4 is 23.7 Å². The number of methoxy groups -OCH3 is 1. The van der Waals surface area contributed by atoms with Gasteiger partial charge in [-0.1, -0.05) is 18.7 Å². The van der Waals surface area contributed by atoms with Crippen molar-refractivity contribution in [2.24, 2.45) is 0 Å². The number of carbonyl (C=O) groups excluding carboxylic acids is 3. The highest BCUT2D eigenvalue weighted by Crippen LogP contribution is 2.44. The van der Waals surface area contributed by atoms with Crippen LogP contribution in [0.15, 0.2) is 42.5 Å². The third-order valence-electron chi connectivity index (χ3n) is 5.71. The lowest BCUT2D eigenvalue weighted by Crippen LogP contribution is -2.49. The molecule has 1 heterocycles. The molecule has 1 aliphatic rings. The summed E-state index contributed by atoms with van der Waals surface area (Å²) in [6.45, 7) is 14.5. The molecule has 186 valence electrons. The van der Waals surface area contributed by atoms with E-state index in [1.807, 2.05) is 38.1 Å². The number of anilines is 1. The van der Waals surface area contributed by atoms with Gasteiger partial charge in [0.25, 0.3) is 5.91 Å². The zero-order valence-electron chi connectivity index (χ0n) is 21.3. The Labute approximate surface area is 205 Å². The fourth-order valence-corrected chi connectivity index (χ4v) is 3.77. The van der Waals surface area contributed by atoms with Crippen molar-refractivity contribution in [1.29, 1.82) is 0 Å². The summed E-state index contributed by atoms with van der Waals surface area (Å²) in [4.78, 5) is 38.6. The molecule has 3 rings (SSSR count). The third-order valence-corrected chi connectivity index (χ3v) is 5.71. The molecule has 1 atom stereocenters. The fraction of sp³-hybridized carbons (Fsp3) is 0.370. The van der Waals surface area contributed by atoms with Gasteiger partial charge in [0.15, 0.2) is 0 Å². The van der Waals surface area contributed by atoms with Crippen molar-refractivity contribution in [3.05, 3.63) is 64.7 Å². The van der Waals surface area contributed by atoms with E-state index in [1.54, 1.807) is 45.8 Å². The number of β-lactam (4-membered cyclic amide) rings is 1. The number of ether oxygens (including phenoxy) is 3. The van der Waals surface area contributed by atoms with Crippen LogP contribution in [-0.4, -0.2) is 37.2 Å². The summed E-state index contributed by atoms with van der Waals surface area (Å²) in [5, 5.41) is 2.39. The van der Waals surface area contributed by atoms with Crippen LogP contribution >= 0.6 is 0 Å². The average molecular weight is 481 g/mol. The molecule has 2 aromatic rings. The summed E-state index contributed by atoms with van der Waals surface area (Å²) in [5.41, 5.74) is 3.95. The Balaban J connectivity index is 1.80. The van der Waals surface area contributed by atoms with E-state index in [2.05, 4.69) is 11.9 Å². The van der Waals surface area contributed by atoms with Gasteiger partial charge in [-0.15, -0.1) is 0 Å². The summed E-state index contributed by atoms with van der Waals surface area (Å²) >= 11 is 0. The van der Waals surface area contributed by atoms with Gasteiger partial charge in [0.2, 0.25) is 0 Å². The minimum absolute atomic E-state index is 0.180. The van der Waals surface area contributed by atoms with Gasteiger partial charge in [-0.05, 0) is 75.9 Å². The molecule has 1 aliphatic heterocycles. The second-order valence-corrected chi connectivity index (χ2v) is 9.55. The summed E-state index contributed by atoms with van der Waals surface area (Å²) in [6.07, 6.45) is -0.705. The first-order chi connectivity index (χ1) is 16.3. The van der Waals surface area contributed by atoms with E-state index in [4.69, 9.17) is 14.2 Å². The van der Waals surface area contributed by atoms with Gasteiger partial charge in [0.1, 0.15) is 23.6 Å². The predicted octanol–water partition coefficient (Wildman–Crippen LogP) is 4.69. The monoisotopic (exact) mass is 480 g/mol. The molecule has 2 amide bonds. The minimum Gasteiger partial charge on any atom is -0.496 e. The van der Waals surface area contributed by atoms with Gasteiger partial charge in [0.05, 0.1) is 13.2 Å². The molecule has 0 saturated carbocycles. The van der Waals surface area contributed by atoms with Crippen molar-refractivity contribution in [1.82, 2.24) is 5.32 Å². The molecule has 0 spiro atoms. The Kier molecular flexibility index (Phi) is 7.24. The quantitative estimate of drug-likeness (QED) is 0.279. The van der Waals surface area contributed by atoms with E-state index >= 15 is 0 Å². The van der Waals surface area contributed by atoms with Crippen molar-refractivity contribution in [3.8, 4) is 11.5 Å². The molecule has 8 heteroatoms. The van der Waals surface area contributed by atoms with Gasteiger partial charge >= 0.3 is 12.1 Å². The van der Waals surface area contributed by atoms with Crippen LogP contribution in [0.25, 0.3) is 0 Å². The highest BCUT2D eigenvalue weighted by molar-refractivity contribution is 6.15. The van der Waals surface area contributed by atoms with Gasteiger partial charge in [0, 0.05) is 17.3 Å². The summed E-state index contributed by atoms with van der Waals surface area (Å²) in [7, 11) is 1.60. The first-order valence-electron chi connectivity index (χ1n) is 11.3. The largest absolute Gasteiger partial charge is 0.496 e. The maximum atomic E-state index is 12.8. The highest BCUT2D eigenvalue weighted by atomic mass is 16.6. The Bertz CT molecular complexity index is 1190. The van der Waals surface area contributed by atoms with Crippen LogP contribution in [0.3, 0.4) is 0 Å². The number of alkyl carbamates (subject to hydrolysis) is 1. The zero-order valence-corrected chi connectivity index (χ0v) is 21.3. The lowest BCUT2D eigenvalue weighted by atomic mass is 9.87. The minimum atomic E-state index is -0.705. The molecular formula is C27H32N2O6. The summed E-state index contributed by atoms with van der Waals surface area (Å²) < 4.78 is 16.1. The molecule has 1 saturated heterocycles. The standard InChI is InChI=1S/C27H32N2O6/c1-15-9-10-19(12-21(15)34-23(30)14-28-26(32)35-27(5,6)7)24-18(4)25(31)29(24)20-11-16(2)17(3)22(13-20)33-8/h9-13,24H,4,14H2,1-3,5-8H3,(H,28,32)/t24-/m1/s1. The second kappa shape index (κ2) is 9.82. The molecule has 8 nitrogen and oxygen atoms in total. The number of esters is 1. The van der Waals surface area contributed by atoms with Gasteiger partial charge in [-0.3, -0.25) is 9.69 Å². The topological polar surface area (TPSA) is 94.2 Å². The van der Waals surface area contributed by atoms with E-state index in [-0.39, 0.29) is 12.5 Å². The molecule has 0 bridgehead atoms.